The third kappa shape index (κ3) is 2.75. The van der Waals surface area contributed by atoms with Crippen LogP contribution in [0.3, 0.4) is 0 Å². The molecule has 2 heterocycles. The molecule has 0 aliphatic rings. The number of nitrogen functional groups attached to an aromatic ring is 1. The number of aromatic nitrogens is 3. The molecule has 2 N–H and O–H groups in total. The van der Waals surface area contributed by atoms with E-state index in [0.29, 0.717) is 17.3 Å². The molecule has 90 valence electrons. The van der Waals surface area contributed by atoms with Crippen LogP contribution in [0.1, 0.15) is 18.9 Å². The Hall–Kier alpha value is -2.04. The zero-order chi connectivity index (χ0) is 12.3. The van der Waals surface area contributed by atoms with Crippen LogP contribution in [0, 0.1) is 6.92 Å². The van der Waals surface area contributed by atoms with Crippen molar-refractivity contribution < 1.29 is 4.74 Å². The van der Waals surface area contributed by atoms with Crippen molar-refractivity contribution in [2.75, 3.05) is 5.73 Å². The molecule has 0 spiro atoms. The monoisotopic (exact) mass is 232 g/mol. The number of aryl methyl sites for hydroxylation is 2. The van der Waals surface area contributed by atoms with Gasteiger partial charge in [-0.2, -0.15) is 5.10 Å². The third-order valence-corrected chi connectivity index (χ3v) is 2.41. The van der Waals surface area contributed by atoms with E-state index in [2.05, 4.69) is 17.0 Å². The Bertz CT molecular complexity index is 507. The number of ether oxygens (including phenoxy) is 1. The quantitative estimate of drug-likeness (QED) is 0.878. The summed E-state index contributed by atoms with van der Waals surface area (Å²) >= 11 is 0. The Labute approximate surface area is 100 Å². The highest BCUT2D eigenvalue weighted by Gasteiger charge is 2.03. The predicted octanol–water partition coefficient (Wildman–Crippen LogP) is 2.37. The Kier molecular flexibility index (Phi) is 3.27. The Morgan fingerprint density at radius 3 is 2.94 bits per heavy atom. The van der Waals surface area contributed by atoms with Crippen LogP contribution in [0.4, 0.5) is 5.69 Å². The van der Waals surface area contributed by atoms with E-state index in [9.17, 15) is 0 Å². The third-order valence-electron chi connectivity index (χ3n) is 2.41. The van der Waals surface area contributed by atoms with Crippen LogP contribution in [0.5, 0.6) is 11.6 Å². The second kappa shape index (κ2) is 4.86. The van der Waals surface area contributed by atoms with Crippen molar-refractivity contribution in [1.29, 1.82) is 0 Å². The SMILES string of the molecule is CCCn1cc(Oc2cc(C)c(N)cn2)cn1. The summed E-state index contributed by atoms with van der Waals surface area (Å²) in [7, 11) is 0. The predicted molar refractivity (Wildman–Crippen MR) is 66.0 cm³/mol. The van der Waals surface area contributed by atoms with Crippen LogP contribution < -0.4 is 10.5 Å². The molecule has 2 rings (SSSR count). The lowest BCUT2D eigenvalue weighted by Gasteiger charge is -2.04. The van der Waals surface area contributed by atoms with Crippen molar-refractivity contribution in [2.45, 2.75) is 26.8 Å². The second-order valence-electron chi connectivity index (χ2n) is 3.92. The zero-order valence-electron chi connectivity index (χ0n) is 10.1. The number of hydrogen-bond donors (Lipinski definition) is 1. The fourth-order valence-electron chi connectivity index (χ4n) is 1.47. The average molecular weight is 232 g/mol. The van der Waals surface area contributed by atoms with Crippen molar-refractivity contribution in [2.24, 2.45) is 0 Å². The molecule has 17 heavy (non-hydrogen) atoms. The van der Waals surface area contributed by atoms with E-state index >= 15 is 0 Å². The molecule has 0 saturated heterocycles. The lowest BCUT2D eigenvalue weighted by molar-refractivity contribution is 0.461. The minimum atomic E-state index is 0.535. The standard InChI is InChI=1S/C12H16N4O/c1-3-4-16-8-10(6-15-16)17-12-5-9(2)11(13)7-14-12/h5-8H,3-4,13H2,1-2H3. The molecule has 0 amide bonds. The van der Waals surface area contributed by atoms with Crippen molar-refractivity contribution in [3.8, 4) is 11.6 Å². The van der Waals surface area contributed by atoms with Crippen molar-refractivity contribution in [1.82, 2.24) is 14.8 Å². The Balaban J connectivity index is 2.11. The molecule has 2 aromatic rings. The number of rotatable bonds is 4. The molecule has 5 heteroatoms. The summed E-state index contributed by atoms with van der Waals surface area (Å²) in [5, 5.41) is 4.18. The van der Waals surface area contributed by atoms with Crippen molar-refractivity contribution >= 4 is 5.69 Å². The first kappa shape index (κ1) is 11.4. The lowest BCUT2D eigenvalue weighted by atomic mass is 10.2. The van der Waals surface area contributed by atoms with Crippen molar-refractivity contribution in [3.05, 3.63) is 30.2 Å². The van der Waals surface area contributed by atoms with Crippen LogP contribution >= 0.6 is 0 Å². The summed E-state index contributed by atoms with van der Waals surface area (Å²) < 4.78 is 7.44. The molecule has 5 nitrogen and oxygen atoms in total. The second-order valence-corrected chi connectivity index (χ2v) is 3.92. The van der Waals surface area contributed by atoms with E-state index in [4.69, 9.17) is 10.5 Å². The molecule has 0 aliphatic carbocycles. The molecular weight excluding hydrogens is 216 g/mol. The van der Waals surface area contributed by atoms with Crippen LogP contribution in [0.2, 0.25) is 0 Å². The average Bonchev–Trinajstić information content (AvgIpc) is 2.72. The Morgan fingerprint density at radius 2 is 2.24 bits per heavy atom. The van der Waals surface area contributed by atoms with Crippen molar-refractivity contribution in [3.63, 3.8) is 0 Å². The molecule has 0 bridgehead atoms. The molecule has 0 unspecified atom stereocenters. The fourth-order valence-corrected chi connectivity index (χ4v) is 1.47. The summed E-state index contributed by atoms with van der Waals surface area (Å²) in [5.74, 6) is 1.22. The van der Waals surface area contributed by atoms with Crippen LogP contribution in [-0.4, -0.2) is 14.8 Å². The molecule has 0 saturated carbocycles. The minimum Gasteiger partial charge on any atom is -0.436 e. The van der Waals surface area contributed by atoms with Gasteiger partial charge in [0.05, 0.1) is 24.3 Å². The fraction of sp³-hybridized carbons (Fsp3) is 0.333. The van der Waals surface area contributed by atoms with E-state index in [1.807, 2.05) is 23.9 Å². The largest absolute Gasteiger partial charge is 0.436 e. The molecule has 0 atom stereocenters. The number of nitrogens with two attached hydrogens (primary N) is 1. The summed E-state index contributed by atoms with van der Waals surface area (Å²) in [6.45, 7) is 4.91. The first-order valence-electron chi connectivity index (χ1n) is 5.61. The van der Waals surface area contributed by atoms with Gasteiger partial charge in [-0.1, -0.05) is 6.92 Å². The highest BCUT2D eigenvalue weighted by atomic mass is 16.5. The van der Waals surface area contributed by atoms with Crippen LogP contribution in [0.25, 0.3) is 0 Å². The molecular formula is C12H16N4O. The number of pyridine rings is 1. The first-order valence-corrected chi connectivity index (χ1v) is 5.61. The van der Waals surface area contributed by atoms with E-state index < -0.39 is 0 Å². The molecule has 0 aliphatic heterocycles. The zero-order valence-corrected chi connectivity index (χ0v) is 10.1. The van der Waals surface area contributed by atoms with E-state index in [1.165, 1.54) is 0 Å². The van der Waals surface area contributed by atoms with Gasteiger partial charge in [-0.25, -0.2) is 4.98 Å². The highest BCUT2D eigenvalue weighted by molar-refractivity contribution is 5.45. The summed E-state index contributed by atoms with van der Waals surface area (Å²) in [4.78, 5) is 4.11. The van der Waals surface area contributed by atoms with E-state index in [-0.39, 0.29) is 0 Å². The van der Waals surface area contributed by atoms with E-state index in [0.717, 1.165) is 18.5 Å². The first-order chi connectivity index (χ1) is 8.19. The van der Waals surface area contributed by atoms with Gasteiger partial charge in [-0.05, 0) is 18.9 Å². The molecule has 2 aromatic heterocycles. The van der Waals surface area contributed by atoms with Gasteiger partial charge >= 0.3 is 0 Å². The van der Waals surface area contributed by atoms with Crippen LogP contribution in [-0.2, 0) is 6.54 Å². The van der Waals surface area contributed by atoms with Gasteiger partial charge < -0.3 is 10.5 Å². The molecule has 0 fully saturated rings. The summed E-state index contributed by atoms with van der Waals surface area (Å²) in [6, 6.07) is 1.81. The van der Waals surface area contributed by atoms with Gasteiger partial charge in [-0.15, -0.1) is 0 Å². The van der Waals surface area contributed by atoms with Gasteiger partial charge in [0, 0.05) is 12.6 Å². The number of anilines is 1. The smallest absolute Gasteiger partial charge is 0.219 e. The number of hydrogen-bond acceptors (Lipinski definition) is 4. The minimum absolute atomic E-state index is 0.535. The molecule has 0 radical (unpaired) electrons. The normalized spacial score (nSPS) is 10.5. The highest BCUT2D eigenvalue weighted by Crippen LogP contribution is 2.21. The van der Waals surface area contributed by atoms with Gasteiger partial charge in [0.2, 0.25) is 5.88 Å². The molecule has 0 aromatic carbocycles. The maximum absolute atomic E-state index is 5.69. The van der Waals surface area contributed by atoms with Gasteiger partial charge in [0.15, 0.2) is 5.75 Å². The summed E-state index contributed by atoms with van der Waals surface area (Å²) in [6.07, 6.45) is 6.18. The van der Waals surface area contributed by atoms with Crippen LogP contribution in [0.15, 0.2) is 24.7 Å². The number of nitrogens with zero attached hydrogens (tertiary/aromatic N) is 3. The van der Waals surface area contributed by atoms with Gasteiger partial charge in [0.1, 0.15) is 0 Å². The maximum Gasteiger partial charge on any atom is 0.219 e. The van der Waals surface area contributed by atoms with Gasteiger partial charge in [0.25, 0.3) is 0 Å². The Morgan fingerprint density at radius 1 is 1.41 bits per heavy atom. The van der Waals surface area contributed by atoms with E-state index in [1.54, 1.807) is 12.4 Å². The topological polar surface area (TPSA) is 66.0 Å². The lowest BCUT2D eigenvalue weighted by Crippen LogP contribution is -1.95. The van der Waals surface area contributed by atoms with Gasteiger partial charge in [-0.3, -0.25) is 4.68 Å². The summed E-state index contributed by atoms with van der Waals surface area (Å²) in [5.41, 5.74) is 7.31. The maximum atomic E-state index is 5.69.